The average molecular weight is 577 g/mol. The van der Waals surface area contributed by atoms with Crippen molar-refractivity contribution in [1.82, 2.24) is 30.2 Å². The number of aryl methyl sites for hydroxylation is 1. The summed E-state index contributed by atoms with van der Waals surface area (Å²) in [4.78, 5) is 36.9. The zero-order valence-corrected chi connectivity index (χ0v) is 24.6. The van der Waals surface area contributed by atoms with Gasteiger partial charge in [0.25, 0.3) is 5.91 Å². The highest BCUT2D eigenvalue weighted by Crippen LogP contribution is 2.30. The Morgan fingerprint density at radius 2 is 2.00 bits per heavy atom. The van der Waals surface area contributed by atoms with Crippen LogP contribution in [0.1, 0.15) is 63.9 Å². The van der Waals surface area contributed by atoms with Crippen LogP contribution in [0.3, 0.4) is 0 Å². The number of nitrogens with one attached hydrogen (secondary N) is 1. The largest absolute Gasteiger partial charge is 0.488 e. The monoisotopic (exact) mass is 576 g/mol. The van der Waals surface area contributed by atoms with Gasteiger partial charge in [0.2, 0.25) is 5.91 Å². The summed E-state index contributed by atoms with van der Waals surface area (Å²) < 4.78 is 11.0. The van der Waals surface area contributed by atoms with Crippen LogP contribution in [0, 0.1) is 19.8 Å². The minimum Gasteiger partial charge on any atom is -0.488 e. The minimum absolute atomic E-state index is 0.118. The normalized spacial score (nSPS) is 16.6. The molecule has 3 aromatic rings. The van der Waals surface area contributed by atoms with Crippen LogP contribution < -0.4 is 10.1 Å². The zero-order chi connectivity index (χ0) is 29.6. The molecule has 2 aliphatic rings. The Balaban J connectivity index is 1.08. The number of carbonyl (C=O) groups excluding carboxylic acids is 2. The van der Waals surface area contributed by atoms with Crippen LogP contribution in [0.15, 0.2) is 35.3 Å². The lowest BCUT2D eigenvalue weighted by Gasteiger charge is -2.31. The molecule has 4 heterocycles. The number of hydrogen-bond donors (Lipinski definition) is 2. The smallest absolute Gasteiger partial charge is 0.270 e. The number of nitrogens with zero attached hydrogens (tertiary/aromatic N) is 5. The van der Waals surface area contributed by atoms with E-state index in [0.717, 1.165) is 80.1 Å². The molecule has 2 amide bonds. The highest BCUT2D eigenvalue weighted by atomic mass is 16.5. The number of benzene rings is 1. The van der Waals surface area contributed by atoms with Crippen molar-refractivity contribution in [3.8, 4) is 5.75 Å². The van der Waals surface area contributed by atoms with E-state index < -0.39 is 6.10 Å². The second kappa shape index (κ2) is 13.4. The van der Waals surface area contributed by atoms with Gasteiger partial charge >= 0.3 is 0 Å². The predicted octanol–water partition coefficient (Wildman–Crippen LogP) is 2.61. The molecule has 2 aliphatic heterocycles. The van der Waals surface area contributed by atoms with E-state index in [0.29, 0.717) is 24.8 Å². The maximum atomic E-state index is 12.8. The molecule has 1 atom stereocenters. The molecule has 5 rings (SSSR count). The van der Waals surface area contributed by atoms with E-state index in [-0.39, 0.29) is 18.4 Å². The molecule has 2 N–H and O–H groups in total. The number of aromatic nitrogens is 3. The highest BCUT2D eigenvalue weighted by Gasteiger charge is 2.24. The van der Waals surface area contributed by atoms with Crippen LogP contribution in [-0.2, 0) is 30.8 Å². The number of likely N-dealkylation sites (tertiary alicyclic amines) is 1. The van der Waals surface area contributed by atoms with Gasteiger partial charge in [-0.2, -0.15) is 0 Å². The van der Waals surface area contributed by atoms with Gasteiger partial charge in [-0.15, -0.1) is 0 Å². The Morgan fingerprint density at radius 1 is 1.19 bits per heavy atom. The van der Waals surface area contributed by atoms with Crippen LogP contribution in [-0.4, -0.2) is 80.7 Å². The van der Waals surface area contributed by atoms with Crippen LogP contribution in [0.4, 0.5) is 0 Å². The van der Waals surface area contributed by atoms with Crippen molar-refractivity contribution in [2.75, 3.05) is 32.7 Å². The minimum atomic E-state index is -0.709. The molecule has 0 radical (unpaired) electrons. The number of rotatable bonds is 10. The summed E-state index contributed by atoms with van der Waals surface area (Å²) in [5.74, 6) is 1.08. The Kier molecular flexibility index (Phi) is 9.48. The number of aliphatic hydroxyl groups is 1. The Morgan fingerprint density at radius 3 is 2.74 bits per heavy atom. The number of amides is 2. The summed E-state index contributed by atoms with van der Waals surface area (Å²) in [7, 11) is 0. The molecule has 2 aromatic heterocycles. The summed E-state index contributed by atoms with van der Waals surface area (Å²) in [6.45, 7) is 9.66. The van der Waals surface area contributed by atoms with Crippen molar-refractivity contribution >= 4 is 11.8 Å². The third kappa shape index (κ3) is 7.32. The molecule has 1 fully saturated rings. The lowest BCUT2D eigenvalue weighted by atomic mass is 9.92. The second-order valence-corrected chi connectivity index (χ2v) is 11.4. The lowest BCUT2D eigenvalue weighted by molar-refractivity contribution is -0.130. The summed E-state index contributed by atoms with van der Waals surface area (Å²) >= 11 is 0. The van der Waals surface area contributed by atoms with Gasteiger partial charge < -0.3 is 24.6 Å². The third-order valence-corrected chi connectivity index (χ3v) is 8.43. The molecular formula is C31H40N6O5. The third-order valence-electron chi connectivity index (χ3n) is 8.43. The van der Waals surface area contributed by atoms with Crippen molar-refractivity contribution < 1.29 is 24.0 Å². The molecule has 0 aliphatic carbocycles. The predicted molar refractivity (Wildman–Crippen MR) is 155 cm³/mol. The molecule has 0 spiro atoms. The summed E-state index contributed by atoms with van der Waals surface area (Å²) in [5, 5.41) is 17.4. The number of aliphatic hydroxyl groups excluding tert-OH is 1. The number of β-amino-alcohol motifs (C(OH)–C–C–N with tert-alkyl or cyclic N) is 1. The van der Waals surface area contributed by atoms with Gasteiger partial charge in [0.15, 0.2) is 0 Å². The van der Waals surface area contributed by atoms with Crippen LogP contribution >= 0.6 is 0 Å². The Bertz CT molecular complexity index is 1400. The molecule has 11 nitrogen and oxygen atoms in total. The van der Waals surface area contributed by atoms with Gasteiger partial charge in [-0.25, -0.2) is 9.97 Å². The molecule has 0 unspecified atom stereocenters. The second-order valence-electron chi connectivity index (χ2n) is 11.4. The van der Waals surface area contributed by atoms with Crippen molar-refractivity contribution in [2.24, 2.45) is 5.92 Å². The Labute approximate surface area is 246 Å². The molecule has 1 aromatic carbocycles. The van der Waals surface area contributed by atoms with Gasteiger partial charge in [0.1, 0.15) is 30.6 Å². The van der Waals surface area contributed by atoms with Crippen LogP contribution in [0.25, 0.3) is 0 Å². The van der Waals surface area contributed by atoms with Crippen molar-refractivity contribution in [3.63, 3.8) is 0 Å². The maximum Gasteiger partial charge on any atom is 0.270 e. The topological polar surface area (TPSA) is 134 Å². The van der Waals surface area contributed by atoms with Gasteiger partial charge in [0.05, 0.1) is 17.4 Å². The van der Waals surface area contributed by atoms with Gasteiger partial charge in [-0.3, -0.25) is 14.5 Å². The first-order valence-electron chi connectivity index (χ1n) is 14.7. The van der Waals surface area contributed by atoms with Crippen LogP contribution in [0.2, 0.25) is 0 Å². The zero-order valence-electron chi connectivity index (χ0n) is 24.6. The summed E-state index contributed by atoms with van der Waals surface area (Å²) in [6, 6.07) is 5.83. The molecule has 0 saturated carbocycles. The van der Waals surface area contributed by atoms with E-state index in [1.807, 2.05) is 17.9 Å². The van der Waals surface area contributed by atoms with E-state index >= 15 is 0 Å². The van der Waals surface area contributed by atoms with E-state index in [4.69, 9.17) is 9.26 Å². The first kappa shape index (κ1) is 29.7. The number of fused-ring (bicyclic) bond motifs is 1. The summed E-state index contributed by atoms with van der Waals surface area (Å²) in [5.41, 5.74) is 6.54. The SMILES string of the molecule is CC(=O)N1CCC(Cc2cc(C(=O)NC[C@H](O)CN3CCc4c(ccc(OCc5conc5C)c4C)C3)ncn2)CC1. The fourth-order valence-electron chi connectivity index (χ4n) is 5.84. The van der Waals surface area contributed by atoms with Gasteiger partial charge in [-0.05, 0) is 74.3 Å². The quantitative estimate of drug-likeness (QED) is 0.374. The van der Waals surface area contributed by atoms with Crippen molar-refractivity contribution in [2.45, 2.75) is 65.7 Å². The van der Waals surface area contributed by atoms with E-state index in [1.165, 1.54) is 17.5 Å². The maximum absolute atomic E-state index is 12.8. The van der Waals surface area contributed by atoms with E-state index in [9.17, 15) is 14.7 Å². The van der Waals surface area contributed by atoms with Crippen LogP contribution in [0.5, 0.6) is 5.75 Å². The fourth-order valence-corrected chi connectivity index (χ4v) is 5.84. The Hall–Kier alpha value is -3.83. The van der Waals surface area contributed by atoms with E-state index in [1.54, 1.807) is 19.3 Å². The molecular weight excluding hydrogens is 536 g/mol. The number of carbonyl (C=O) groups is 2. The van der Waals surface area contributed by atoms with Gasteiger partial charge in [0, 0.05) is 51.9 Å². The number of ether oxygens (including phenoxy) is 1. The first-order chi connectivity index (χ1) is 20.3. The molecule has 0 bridgehead atoms. The highest BCUT2D eigenvalue weighted by molar-refractivity contribution is 5.92. The first-order valence-corrected chi connectivity index (χ1v) is 14.7. The van der Waals surface area contributed by atoms with E-state index in [2.05, 4.69) is 38.3 Å². The number of hydrogen-bond acceptors (Lipinski definition) is 9. The fraction of sp³-hybridized carbons (Fsp3) is 0.516. The number of piperidine rings is 1. The van der Waals surface area contributed by atoms with Crippen molar-refractivity contribution in [1.29, 1.82) is 0 Å². The standard InChI is InChI=1S/C31H40N6O5/c1-20-28-8-9-36(15-24(28)4-5-30(20)41-17-25-18-42-35-21(25)2)16-27(39)14-32-31(40)29-13-26(33-19-34-29)12-23-6-10-37(11-7-23)22(3)38/h4-5,13,18-19,23,27,39H,6-12,14-17H2,1-3H3,(H,32,40)/t27-/m0/s1. The van der Waals surface area contributed by atoms with Crippen molar-refractivity contribution in [3.05, 3.63) is 70.1 Å². The molecule has 42 heavy (non-hydrogen) atoms. The lowest BCUT2D eigenvalue weighted by Crippen LogP contribution is -2.42. The molecule has 11 heteroatoms. The van der Waals surface area contributed by atoms with Gasteiger partial charge in [-0.1, -0.05) is 11.2 Å². The summed E-state index contributed by atoms with van der Waals surface area (Å²) in [6.07, 6.45) is 5.79. The average Bonchev–Trinajstić information content (AvgIpc) is 3.40. The molecule has 1 saturated heterocycles. The molecule has 224 valence electrons.